The topological polar surface area (TPSA) is 51.8 Å². The number of rotatable bonds is 5. The molecule has 0 radical (unpaired) electrons. The first kappa shape index (κ1) is 37.4. The van der Waals surface area contributed by atoms with Gasteiger partial charge in [-0.1, -0.05) is 188 Å². The second-order valence-corrected chi connectivity index (χ2v) is 17.8. The van der Waals surface area contributed by atoms with Gasteiger partial charge in [0, 0.05) is 37.3 Å². The summed E-state index contributed by atoms with van der Waals surface area (Å²) in [4.78, 5) is 18.4. The molecule has 13 rings (SSSR count). The summed E-state index contributed by atoms with van der Waals surface area (Å²) in [5, 5.41) is 2.24. The van der Waals surface area contributed by atoms with E-state index >= 15 is 0 Å². The third-order valence-electron chi connectivity index (χ3n) is 13.0. The van der Waals surface area contributed by atoms with Crippen molar-refractivity contribution in [3.63, 3.8) is 0 Å². The van der Waals surface area contributed by atoms with E-state index in [1.807, 2.05) is 36.0 Å². The summed E-state index contributed by atoms with van der Waals surface area (Å²) in [6.45, 7) is 0. The van der Waals surface area contributed by atoms with Gasteiger partial charge in [0.2, 0.25) is 0 Å². The summed E-state index contributed by atoms with van der Waals surface area (Å²) in [6.07, 6.45) is 4.54. The van der Waals surface area contributed by atoms with Crippen LogP contribution in [0.2, 0.25) is 0 Å². The summed E-state index contributed by atoms with van der Waals surface area (Å²) in [5.41, 5.74) is 15.3. The molecule has 1 aliphatic carbocycles. The van der Waals surface area contributed by atoms with Gasteiger partial charge in [0.05, 0.1) is 5.41 Å². The van der Waals surface area contributed by atoms with Crippen LogP contribution in [-0.4, -0.2) is 15.0 Å². The molecule has 1 atom stereocenters. The van der Waals surface area contributed by atoms with Crippen molar-refractivity contribution in [1.29, 1.82) is 0 Å². The standard InChI is InChI=1S/C60H37N3OS/c1-4-16-38(17-5-1)44-32-45(39-18-6-2-7-19-39)34-46(33-44)59-62-57(42-21-8-3-9-22-42)61-58(63-59)43-31-30-41-29-28-40-20-10-12-24-49(40)60(51(41)35-43)50-25-13-15-27-55(50)65-56-36-48-47-23-11-14-26-53(47)64-54(48)37-52(56)60/h1-37H. The van der Waals surface area contributed by atoms with Gasteiger partial charge in [-0.05, 0) is 104 Å². The molecule has 1 spiro atoms. The van der Waals surface area contributed by atoms with Crippen LogP contribution in [0.4, 0.5) is 0 Å². The number of hydrogen-bond donors (Lipinski definition) is 0. The van der Waals surface area contributed by atoms with Crippen molar-refractivity contribution in [2.75, 3.05) is 0 Å². The third-order valence-corrected chi connectivity index (χ3v) is 14.1. The molecule has 9 aromatic carbocycles. The van der Waals surface area contributed by atoms with Gasteiger partial charge in [0.1, 0.15) is 11.2 Å². The Balaban J connectivity index is 1.08. The molecule has 65 heavy (non-hydrogen) atoms. The van der Waals surface area contributed by atoms with Crippen LogP contribution < -0.4 is 0 Å². The smallest absolute Gasteiger partial charge is 0.164 e. The lowest BCUT2D eigenvalue weighted by Crippen LogP contribution is -2.35. The van der Waals surface area contributed by atoms with Crippen LogP contribution in [0.15, 0.2) is 227 Å². The Labute approximate surface area is 380 Å². The van der Waals surface area contributed by atoms with Crippen molar-refractivity contribution in [2.45, 2.75) is 15.2 Å². The fourth-order valence-corrected chi connectivity index (χ4v) is 11.2. The Bertz CT molecular complexity index is 3630. The zero-order chi connectivity index (χ0) is 42.9. The molecule has 0 N–H and O–H groups in total. The molecular weight excluding hydrogens is 811 g/mol. The largest absolute Gasteiger partial charge is 0.456 e. The van der Waals surface area contributed by atoms with Crippen LogP contribution >= 0.6 is 11.8 Å². The van der Waals surface area contributed by atoms with Gasteiger partial charge < -0.3 is 4.42 Å². The van der Waals surface area contributed by atoms with Crippen LogP contribution in [0.1, 0.15) is 33.4 Å². The van der Waals surface area contributed by atoms with Gasteiger partial charge in [0.15, 0.2) is 17.5 Å². The van der Waals surface area contributed by atoms with E-state index in [0.717, 1.165) is 72.0 Å². The van der Waals surface area contributed by atoms with E-state index < -0.39 is 5.41 Å². The first-order valence-electron chi connectivity index (χ1n) is 21.9. The maximum absolute atomic E-state index is 6.67. The van der Waals surface area contributed by atoms with Crippen molar-refractivity contribution < 1.29 is 4.42 Å². The predicted octanol–water partition coefficient (Wildman–Crippen LogP) is 15.4. The highest BCUT2D eigenvalue weighted by atomic mass is 32.2. The van der Waals surface area contributed by atoms with E-state index in [9.17, 15) is 0 Å². The number of nitrogens with zero attached hydrogens (tertiary/aromatic N) is 3. The zero-order valence-electron chi connectivity index (χ0n) is 35.0. The maximum atomic E-state index is 6.67. The monoisotopic (exact) mass is 847 g/mol. The van der Waals surface area contributed by atoms with Crippen LogP contribution in [0.3, 0.4) is 0 Å². The van der Waals surface area contributed by atoms with E-state index in [-0.39, 0.29) is 0 Å². The lowest BCUT2D eigenvalue weighted by atomic mass is 9.63. The first-order chi connectivity index (χ1) is 32.2. The van der Waals surface area contributed by atoms with Gasteiger partial charge in [-0.25, -0.2) is 15.0 Å². The fourth-order valence-electron chi connectivity index (χ4n) is 10.0. The Morgan fingerprint density at radius 3 is 1.60 bits per heavy atom. The quantitative estimate of drug-likeness (QED) is 0.173. The number of furan rings is 1. The number of fused-ring (bicyclic) bond motifs is 11. The van der Waals surface area contributed by atoms with E-state index in [0.29, 0.717) is 17.5 Å². The molecule has 1 unspecified atom stereocenters. The van der Waals surface area contributed by atoms with Crippen molar-refractivity contribution in [2.24, 2.45) is 0 Å². The number of hydrogen-bond acceptors (Lipinski definition) is 5. The molecule has 5 heteroatoms. The molecule has 2 aromatic heterocycles. The van der Waals surface area contributed by atoms with E-state index in [4.69, 9.17) is 19.4 Å². The number of aromatic nitrogens is 3. The Morgan fingerprint density at radius 1 is 0.323 bits per heavy atom. The maximum Gasteiger partial charge on any atom is 0.164 e. The average Bonchev–Trinajstić information content (AvgIpc) is 3.67. The molecule has 0 bridgehead atoms. The fraction of sp³-hybridized carbons (Fsp3) is 0.0167. The molecule has 4 nitrogen and oxygen atoms in total. The van der Waals surface area contributed by atoms with Crippen LogP contribution in [0.25, 0.3) is 90.5 Å². The molecule has 2 aliphatic rings. The summed E-state index contributed by atoms with van der Waals surface area (Å²) in [7, 11) is 0. The van der Waals surface area contributed by atoms with Gasteiger partial charge in [-0.2, -0.15) is 0 Å². The minimum absolute atomic E-state index is 0.603. The summed E-state index contributed by atoms with van der Waals surface area (Å²) >= 11 is 1.84. The van der Waals surface area contributed by atoms with E-state index in [1.165, 1.54) is 32.0 Å². The Kier molecular flexibility index (Phi) is 8.65. The van der Waals surface area contributed by atoms with Crippen molar-refractivity contribution in [1.82, 2.24) is 15.0 Å². The van der Waals surface area contributed by atoms with Gasteiger partial charge in [-0.3, -0.25) is 0 Å². The van der Waals surface area contributed by atoms with Gasteiger partial charge >= 0.3 is 0 Å². The van der Waals surface area contributed by atoms with Crippen molar-refractivity contribution in [3.8, 4) is 56.4 Å². The Hall–Kier alpha value is -8.12. The van der Waals surface area contributed by atoms with Crippen LogP contribution in [0, 0.1) is 0 Å². The van der Waals surface area contributed by atoms with E-state index in [2.05, 4.69) is 200 Å². The molecule has 11 aromatic rings. The predicted molar refractivity (Wildman–Crippen MR) is 266 cm³/mol. The second-order valence-electron chi connectivity index (χ2n) is 16.7. The zero-order valence-corrected chi connectivity index (χ0v) is 35.8. The van der Waals surface area contributed by atoms with Crippen LogP contribution in [0.5, 0.6) is 0 Å². The second kappa shape index (κ2) is 15.0. The number of benzene rings is 9. The molecule has 0 saturated carbocycles. The molecule has 0 amide bonds. The van der Waals surface area contributed by atoms with Crippen molar-refractivity contribution in [3.05, 3.63) is 246 Å². The lowest BCUT2D eigenvalue weighted by Gasteiger charge is -2.42. The SMILES string of the molecule is C1=Cc2ccc(-c3nc(-c4ccccc4)nc(-c4cc(-c5ccccc5)cc(-c5ccccc5)c4)n3)cc2C2(c3ccccc31)c1ccccc1Sc1cc3c(cc12)oc1ccccc13. The Morgan fingerprint density at radius 2 is 0.877 bits per heavy atom. The third kappa shape index (κ3) is 6.11. The minimum Gasteiger partial charge on any atom is -0.456 e. The summed E-state index contributed by atoms with van der Waals surface area (Å²) in [6, 6.07) is 75.5. The minimum atomic E-state index is -0.720. The highest BCUT2D eigenvalue weighted by molar-refractivity contribution is 7.99. The van der Waals surface area contributed by atoms with Crippen molar-refractivity contribution >= 4 is 45.9 Å². The highest BCUT2D eigenvalue weighted by Gasteiger charge is 2.47. The first-order valence-corrected chi connectivity index (χ1v) is 22.7. The molecule has 0 saturated heterocycles. The number of para-hydroxylation sites is 1. The lowest BCUT2D eigenvalue weighted by molar-refractivity contribution is 0.659. The highest BCUT2D eigenvalue weighted by Crippen LogP contribution is 2.59. The van der Waals surface area contributed by atoms with Gasteiger partial charge in [0.25, 0.3) is 0 Å². The normalized spacial score (nSPS) is 14.7. The van der Waals surface area contributed by atoms with Gasteiger partial charge in [-0.15, -0.1) is 0 Å². The summed E-state index contributed by atoms with van der Waals surface area (Å²) in [5.74, 6) is 1.82. The molecular formula is C60H37N3OS. The molecule has 0 fully saturated rings. The molecule has 1 aliphatic heterocycles. The average molecular weight is 848 g/mol. The van der Waals surface area contributed by atoms with Crippen LogP contribution in [-0.2, 0) is 5.41 Å². The molecule has 3 heterocycles. The van der Waals surface area contributed by atoms with E-state index in [1.54, 1.807) is 0 Å². The summed E-state index contributed by atoms with van der Waals surface area (Å²) < 4.78 is 6.67. The molecule has 304 valence electrons.